The molecule has 19 heavy (non-hydrogen) atoms. The van der Waals surface area contributed by atoms with Crippen molar-refractivity contribution in [1.82, 2.24) is 0 Å². The minimum absolute atomic E-state index is 0.0477. The molecule has 0 atom stereocenters. The monoisotopic (exact) mass is 296 g/mol. The van der Waals surface area contributed by atoms with Gasteiger partial charge in [-0.3, -0.25) is 0 Å². The molecule has 2 fully saturated rings. The Bertz CT molecular complexity index is 341. The van der Waals surface area contributed by atoms with Crippen molar-refractivity contribution in [3.63, 3.8) is 0 Å². The van der Waals surface area contributed by atoms with Gasteiger partial charge in [0.05, 0.1) is 0 Å². The van der Waals surface area contributed by atoms with Crippen LogP contribution in [0.15, 0.2) is 22.5 Å². The Morgan fingerprint density at radius 3 is 1.79 bits per heavy atom. The largest absolute Gasteiger partial charge is 0.0840 e. The van der Waals surface area contributed by atoms with Crippen molar-refractivity contribution in [3.8, 4) is 0 Å². The maximum atomic E-state index is 6.52. The Hall–Kier alpha value is 0.200. The van der Waals surface area contributed by atoms with E-state index in [-0.39, 0.29) is 7.92 Å². The van der Waals surface area contributed by atoms with Crippen molar-refractivity contribution in [1.29, 1.82) is 0 Å². The van der Waals surface area contributed by atoms with E-state index in [4.69, 9.17) is 11.6 Å². The molecular weight excluding hydrogens is 271 g/mol. The van der Waals surface area contributed by atoms with Crippen LogP contribution in [0.4, 0.5) is 0 Å². The minimum Gasteiger partial charge on any atom is -0.0840 e. The Labute approximate surface area is 124 Å². The van der Waals surface area contributed by atoms with Crippen LogP contribution in [0.25, 0.3) is 0 Å². The van der Waals surface area contributed by atoms with Gasteiger partial charge >= 0.3 is 0 Å². The van der Waals surface area contributed by atoms with Gasteiger partial charge in [-0.25, -0.2) is 0 Å². The molecule has 106 valence electrons. The van der Waals surface area contributed by atoms with Gasteiger partial charge in [0, 0.05) is 5.03 Å². The summed E-state index contributed by atoms with van der Waals surface area (Å²) in [4.78, 5) is 0. The van der Waals surface area contributed by atoms with Gasteiger partial charge < -0.3 is 0 Å². The zero-order chi connectivity index (χ0) is 13.1. The number of allylic oxidation sites excluding steroid dienone is 4. The van der Waals surface area contributed by atoms with Gasteiger partial charge in [0.25, 0.3) is 0 Å². The first-order valence-corrected chi connectivity index (χ1v) is 10.1. The Balaban J connectivity index is 1.79. The fourth-order valence-corrected chi connectivity index (χ4v) is 8.57. The van der Waals surface area contributed by atoms with Crippen LogP contribution in [-0.2, 0) is 0 Å². The lowest BCUT2D eigenvalue weighted by molar-refractivity contribution is 0.486. The predicted octanol–water partition coefficient (Wildman–Crippen LogP) is 6.54. The molecule has 0 bridgehead atoms. The summed E-state index contributed by atoms with van der Waals surface area (Å²) in [6.45, 7) is 0. The van der Waals surface area contributed by atoms with E-state index in [1.165, 1.54) is 64.2 Å². The third-order valence-electron chi connectivity index (χ3n) is 5.10. The molecule has 0 aliphatic heterocycles. The quantitative estimate of drug-likeness (QED) is 0.518. The molecule has 0 amide bonds. The summed E-state index contributed by atoms with van der Waals surface area (Å²) < 4.78 is 0. The molecule has 0 nitrogen and oxygen atoms in total. The maximum absolute atomic E-state index is 6.52. The number of hydrogen-bond donors (Lipinski definition) is 0. The first-order valence-electron chi connectivity index (χ1n) is 8.20. The zero-order valence-corrected chi connectivity index (χ0v) is 13.6. The topological polar surface area (TPSA) is 0 Å². The molecule has 3 aliphatic rings. The van der Waals surface area contributed by atoms with Crippen LogP contribution in [0.2, 0.25) is 0 Å². The Morgan fingerprint density at radius 2 is 1.37 bits per heavy atom. The molecule has 0 spiro atoms. The number of hydrogen-bond acceptors (Lipinski definition) is 0. The summed E-state index contributed by atoms with van der Waals surface area (Å²) in [7, 11) is 0.0477. The van der Waals surface area contributed by atoms with Gasteiger partial charge in [0.15, 0.2) is 0 Å². The van der Waals surface area contributed by atoms with Crippen molar-refractivity contribution in [2.24, 2.45) is 0 Å². The van der Waals surface area contributed by atoms with Gasteiger partial charge in [-0.05, 0) is 54.8 Å². The number of halogens is 1. The molecule has 0 aromatic rings. The average molecular weight is 297 g/mol. The molecule has 2 heteroatoms. The van der Waals surface area contributed by atoms with Gasteiger partial charge in [0.1, 0.15) is 0 Å². The molecular formula is C17H26ClP. The maximum Gasteiger partial charge on any atom is 0.0442 e. The summed E-state index contributed by atoms with van der Waals surface area (Å²) in [5, 5.41) is 2.78. The molecule has 0 aromatic heterocycles. The standard InChI is InChI=1S/C17H26ClP/c18-16-12-7-13-17(16)19(14-8-3-1-4-9-14)15-10-5-2-6-11-15/h7,12,14-15H,1-6,8-11,13H2. The summed E-state index contributed by atoms with van der Waals surface area (Å²) in [5.41, 5.74) is 1.99. The summed E-state index contributed by atoms with van der Waals surface area (Å²) in [6, 6.07) is 0. The van der Waals surface area contributed by atoms with Gasteiger partial charge in [-0.2, -0.15) is 0 Å². The van der Waals surface area contributed by atoms with E-state index in [1.807, 2.05) is 0 Å². The highest BCUT2D eigenvalue weighted by molar-refractivity contribution is 7.63. The van der Waals surface area contributed by atoms with E-state index in [0.29, 0.717) is 0 Å². The fraction of sp³-hybridized carbons (Fsp3) is 0.765. The molecule has 0 saturated heterocycles. The third kappa shape index (κ3) is 3.27. The van der Waals surface area contributed by atoms with Crippen molar-refractivity contribution in [3.05, 3.63) is 22.5 Å². The van der Waals surface area contributed by atoms with Crippen LogP contribution >= 0.6 is 19.5 Å². The summed E-state index contributed by atoms with van der Waals surface area (Å²) in [5.74, 6) is 0. The Morgan fingerprint density at radius 1 is 0.842 bits per heavy atom. The Kier molecular flexibility index (Phi) is 5.04. The van der Waals surface area contributed by atoms with Crippen LogP contribution in [0.3, 0.4) is 0 Å². The number of rotatable bonds is 3. The molecule has 0 aromatic carbocycles. The van der Waals surface area contributed by atoms with E-state index >= 15 is 0 Å². The molecule has 0 radical (unpaired) electrons. The highest BCUT2D eigenvalue weighted by Gasteiger charge is 2.34. The second-order valence-corrected chi connectivity index (χ2v) is 9.61. The van der Waals surface area contributed by atoms with E-state index in [2.05, 4.69) is 12.2 Å². The molecule has 0 unspecified atom stereocenters. The normalized spacial score (nSPS) is 26.6. The highest BCUT2D eigenvalue weighted by atomic mass is 35.5. The predicted molar refractivity (Wildman–Crippen MR) is 87.3 cm³/mol. The van der Waals surface area contributed by atoms with Gasteiger partial charge in [-0.1, -0.05) is 64.1 Å². The van der Waals surface area contributed by atoms with E-state index in [9.17, 15) is 0 Å². The highest BCUT2D eigenvalue weighted by Crippen LogP contribution is 2.63. The lowest BCUT2D eigenvalue weighted by atomic mass is 9.99. The van der Waals surface area contributed by atoms with Crippen molar-refractivity contribution >= 4 is 19.5 Å². The molecule has 2 saturated carbocycles. The van der Waals surface area contributed by atoms with Crippen molar-refractivity contribution < 1.29 is 0 Å². The van der Waals surface area contributed by atoms with Gasteiger partial charge in [-0.15, -0.1) is 0 Å². The van der Waals surface area contributed by atoms with E-state index in [0.717, 1.165) is 22.8 Å². The van der Waals surface area contributed by atoms with E-state index < -0.39 is 0 Å². The molecule has 3 aliphatic carbocycles. The minimum atomic E-state index is 0.0477. The summed E-state index contributed by atoms with van der Waals surface area (Å²) >= 11 is 6.52. The first kappa shape index (κ1) is 14.2. The smallest absolute Gasteiger partial charge is 0.0442 e. The van der Waals surface area contributed by atoms with Crippen LogP contribution in [-0.4, -0.2) is 11.3 Å². The lowest BCUT2D eigenvalue weighted by Gasteiger charge is -2.39. The van der Waals surface area contributed by atoms with Crippen molar-refractivity contribution in [2.75, 3.05) is 0 Å². The average Bonchev–Trinajstić information content (AvgIpc) is 2.88. The second-order valence-electron chi connectivity index (χ2n) is 6.39. The van der Waals surface area contributed by atoms with Crippen LogP contribution < -0.4 is 0 Å². The second kappa shape index (κ2) is 6.77. The first-order chi connectivity index (χ1) is 9.36. The van der Waals surface area contributed by atoms with Gasteiger partial charge in [0.2, 0.25) is 0 Å². The summed E-state index contributed by atoms with van der Waals surface area (Å²) in [6.07, 6.45) is 20.3. The van der Waals surface area contributed by atoms with E-state index in [1.54, 1.807) is 5.31 Å². The fourth-order valence-electron chi connectivity index (χ4n) is 4.15. The molecule has 0 N–H and O–H groups in total. The third-order valence-corrected chi connectivity index (χ3v) is 9.24. The van der Waals surface area contributed by atoms with Crippen molar-refractivity contribution in [2.45, 2.75) is 81.9 Å². The molecule has 0 heterocycles. The lowest BCUT2D eigenvalue weighted by Crippen LogP contribution is -2.21. The molecule has 3 rings (SSSR count). The zero-order valence-electron chi connectivity index (χ0n) is 11.9. The van der Waals surface area contributed by atoms with Crippen LogP contribution in [0, 0.1) is 0 Å². The van der Waals surface area contributed by atoms with Crippen LogP contribution in [0.5, 0.6) is 0 Å². The van der Waals surface area contributed by atoms with Crippen LogP contribution in [0.1, 0.15) is 70.6 Å². The SMILES string of the molecule is ClC1=C(P(C2CCCCC2)C2CCCCC2)CC=C1.